The maximum Gasteiger partial charge on any atom is 0.128 e. The van der Waals surface area contributed by atoms with Crippen LogP contribution in [-0.4, -0.2) is 7.05 Å². The zero-order valence-electron chi connectivity index (χ0n) is 11.0. The van der Waals surface area contributed by atoms with Gasteiger partial charge in [0.1, 0.15) is 11.6 Å². The van der Waals surface area contributed by atoms with E-state index in [1.807, 2.05) is 0 Å². The van der Waals surface area contributed by atoms with Crippen LogP contribution in [0.2, 0.25) is 0 Å². The first-order valence-electron chi connectivity index (χ1n) is 6.33. The molecule has 1 heterocycles. The topological polar surface area (TPSA) is 12.0 Å². The quantitative estimate of drug-likeness (QED) is 0.870. The van der Waals surface area contributed by atoms with E-state index in [0.717, 1.165) is 12.5 Å². The minimum atomic E-state index is -0.405. The number of nitrogens with one attached hydrogen (secondary N) is 1. The largest absolute Gasteiger partial charge is 0.313 e. The van der Waals surface area contributed by atoms with Crippen LogP contribution in [0.4, 0.5) is 8.78 Å². The summed E-state index contributed by atoms with van der Waals surface area (Å²) in [5.74, 6) is -0.773. The molecule has 0 saturated carbocycles. The first-order valence-corrected chi connectivity index (χ1v) is 7.15. The van der Waals surface area contributed by atoms with Crippen molar-refractivity contribution >= 4 is 11.3 Å². The highest BCUT2D eigenvalue weighted by Crippen LogP contribution is 2.26. The van der Waals surface area contributed by atoms with Gasteiger partial charge in [0.25, 0.3) is 0 Å². The predicted octanol–water partition coefficient (Wildman–Crippen LogP) is 4.09. The van der Waals surface area contributed by atoms with Gasteiger partial charge in [0, 0.05) is 27.8 Å². The predicted molar refractivity (Wildman–Crippen MR) is 75.6 cm³/mol. The molecule has 1 aromatic heterocycles. The van der Waals surface area contributed by atoms with Gasteiger partial charge in [-0.3, -0.25) is 0 Å². The van der Waals surface area contributed by atoms with E-state index in [0.29, 0.717) is 12.0 Å². The minimum absolute atomic E-state index is 0.209. The van der Waals surface area contributed by atoms with E-state index in [9.17, 15) is 8.78 Å². The molecule has 102 valence electrons. The summed E-state index contributed by atoms with van der Waals surface area (Å²) < 4.78 is 27.0. The minimum Gasteiger partial charge on any atom is -0.313 e. The van der Waals surface area contributed by atoms with Crippen LogP contribution in [0.1, 0.15) is 28.3 Å². The lowest BCUT2D eigenvalue weighted by Gasteiger charge is -2.16. The highest BCUT2D eigenvalue weighted by Gasteiger charge is 2.16. The van der Waals surface area contributed by atoms with Crippen molar-refractivity contribution in [3.63, 3.8) is 0 Å². The van der Waals surface area contributed by atoms with Crippen molar-refractivity contribution < 1.29 is 8.78 Å². The lowest BCUT2D eigenvalue weighted by molar-refractivity contribution is 0.525. The second-order valence-electron chi connectivity index (χ2n) is 4.43. The van der Waals surface area contributed by atoms with E-state index in [-0.39, 0.29) is 11.9 Å². The number of rotatable bonds is 5. The fourth-order valence-electron chi connectivity index (χ4n) is 2.07. The third-order valence-electron chi connectivity index (χ3n) is 3.15. The molecular weight excluding hydrogens is 264 g/mol. The van der Waals surface area contributed by atoms with Crippen molar-refractivity contribution in [1.29, 1.82) is 0 Å². The molecule has 0 amide bonds. The molecular formula is C15H17F2NS. The maximum absolute atomic E-state index is 13.8. The third-order valence-corrected chi connectivity index (χ3v) is 4.40. The van der Waals surface area contributed by atoms with Gasteiger partial charge in [-0.1, -0.05) is 6.92 Å². The van der Waals surface area contributed by atoms with E-state index >= 15 is 0 Å². The summed E-state index contributed by atoms with van der Waals surface area (Å²) in [6.45, 7) is 2.11. The van der Waals surface area contributed by atoms with E-state index in [1.54, 1.807) is 18.4 Å². The standard InChI is InChI=1S/C15H17F2NS/c1-3-11-5-6-12(19-11)9-15(18-2)13-8-10(16)4-7-14(13)17/h4-8,15,18H,3,9H2,1-2H3. The summed E-state index contributed by atoms with van der Waals surface area (Å²) in [5.41, 5.74) is 0.383. The van der Waals surface area contributed by atoms with Gasteiger partial charge in [-0.15, -0.1) is 11.3 Å². The molecule has 0 bridgehead atoms. The monoisotopic (exact) mass is 281 g/mol. The Balaban J connectivity index is 2.22. The third kappa shape index (κ3) is 3.39. The summed E-state index contributed by atoms with van der Waals surface area (Å²) in [7, 11) is 1.77. The van der Waals surface area contributed by atoms with Crippen LogP contribution in [0.5, 0.6) is 0 Å². The summed E-state index contributed by atoms with van der Waals surface area (Å²) in [6.07, 6.45) is 1.67. The van der Waals surface area contributed by atoms with Gasteiger partial charge in [0.05, 0.1) is 0 Å². The number of hydrogen-bond donors (Lipinski definition) is 1. The maximum atomic E-state index is 13.8. The van der Waals surface area contributed by atoms with Crippen molar-refractivity contribution in [2.24, 2.45) is 0 Å². The van der Waals surface area contributed by atoms with E-state index in [4.69, 9.17) is 0 Å². The number of hydrogen-bond acceptors (Lipinski definition) is 2. The van der Waals surface area contributed by atoms with Crippen LogP contribution in [0.25, 0.3) is 0 Å². The van der Waals surface area contributed by atoms with Crippen LogP contribution in [0.3, 0.4) is 0 Å². The van der Waals surface area contributed by atoms with Gasteiger partial charge in [0.2, 0.25) is 0 Å². The first kappa shape index (κ1) is 14.2. The van der Waals surface area contributed by atoms with Crippen molar-refractivity contribution in [3.8, 4) is 0 Å². The molecule has 1 aromatic carbocycles. The van der Waals surface area contributed by atoms with Gasteiger partial charge in [0.15, 0.2) is 0 Å². The molecule has 0 aliphatic carbocycles. The average Bonchev–Trinajstić information content (AvgIpc) is 2.87. The molecule has 0 aliphatic rings. The molecule has 1 unspecified atom stereocenters. The molecule has 0 saturated heterocycles. The number of likely N-dealkylation sites (N-methyl/N-ethyl adjacent to an activating group) is 1. The molecule has 0 aliphatic heterocycles. The zero-order valence-corrected chi connectivity index (χ0v) is 11.9. The number of benzene rings is 1. The average molecular weight is 281 g/mol. The van der Waals surface area contributed by atoms with Crippen LogP contribution >= 0.6 is 11.3 Å². The summed E-state index contributed by atoms with van der Waals surface area (Å²) in [4.78, 5) is 2.49. The SMILES string of the molecule is CCc1ccc(CC(NC)c2cc(F)ccc2F)s1. The lowest BCUT2D eigenvalue weighted by atomic mass is 10.0. The lowest BCUT2D eigenvalue weighted by Crippen LogP contribution is -2.19. The van der Waals surface area contributed by atoms with Gasteiger partial charge in [-0.25, -0.2) is 8.78 Å². The van der Waals surface area contributed by atoms with Gasteiger partial charge in [-0.2, -0.15) is 0 Å². The Bertz CT molecular complexity index is 551. The zero-order chi connectivity index (χ0) is 13.8. The van der Waals surface area contributed by atoms with Crippen molar-refractivity contribution in [2.75, 3.05) is 7.05 Å². The molecule has 2 aromatic rings. The Morgan fingerprint density at radius 2 is 1.89 bits per heavy atom. The molecule has 2 rings (SSSR count). The summed E-state index contributed by atoms with van der Waals surface area (Å²) >= 11 is 1.73. The Hall–Kier alpha value is -1.26. The highest BCUT2D eigenvalue weighted by molar-refractivity contribution is 7.11. The summed E-state index contributed by atoms with van der Waals surface area (Å²) in [5, 5.41) is 3.06. The fraction of sp³-hybridized carbons (Fsp3) is 0.333. The van der Waals surface area contributed by atoms with E-state index in [1.165, 1.54) is 21.9 Å². The second-order valence-corrected chi connectivity index (χ2v) is 5.69. The fourth-order valence-corrected chi connectivity index (χ4v) is 3.08. The Labute approximate surface area is 116 Å². The van der Waals surface area contributed by atoms with Crippen LogP contribution in [0, 0.1) is 11.6 Å². The molecule has 4 heteroatoms. The van der Waals surface area contributed by atoms with Crippen LogP contribution in [-0.2, 0) is 12.8 Å². The Kier molecular flexibility index (Phi) is 4.66. The highest BCUT2D eigenvalue weighted by atomic mass is 32.1. The normalized spacial score (nSPS) is 12.6. The smallest absolute Gasteiger partial charge is 0.128 e. The van der Waals surface area contributed by atoms with Crippen LogP contribution in [0.15, 0.2) is 30.3 Å². The second kappa shape index (κ2) is 6.26. The number of aryl methyl sites for hydroxylation is 1. The molecule has 1 nitrogen and oxygen atoms in total. The van der Waals surface area contributed by atoms with Crippen molar-refractivity contribution in [2.45, 2.75) is 25.8 Å². The first-order chi connectivity index (χ1) is 9.13. The number of halogens is 2. The van der Waals surface area contributed by atoms with Crippen LogP contribution < -0.4 is 5.32 Å². The molecule has 1 N–H and O–H groups in total. The molecule has 0 fully saturated rings. The van der Waals surface area contributed by atoms with E-state index < -0.39 is 5.82 Å². The Morgan fingerprint density at radius 3 is 2.53 bits per heavy atom. The molecule has 0 radical (unpaired) electrons. The summed E-state index contributed by atoms with van der Waals surface area (Å²) in [6, 6.07) is 7.54. The number of thiophene rings is 1. The van der Waals surface area contributed by atoms with Gasteiger partial charge in [-0.05, 0) is 43.8 Å². The van der Waals surface area contributed by atoms with Crippen molar-refractivity contribution in [1.82, 2.24) is 5.32 Å². The van der Waals surface area contributed by atoms with Gasteiger partial charge >= 0.3 is 0 Å². The molecule has 19 heavy (non-hydrogen) atoms. The Morgan fingerprint density at radius 1 is 1.16 bits per heavy atom. The van der Waals surface area contributed by atoms with Gasteiger partial charge < -0.3 is 5.32 Å². The molecule has 0 spiro atoms. The van der Waals surface area contributed by atoms with Crippen molar-refractivity contribution in [3.05, 3.63) is 57.3 Å². The van der Waals surface area contributed by atoms with E-state index in [2.05, 4.69) is 24.4 Å². The molecule has 1 atom stereocenters.